The average Bonchev–Trinajstić information content (AvgIpc) is 2.55. The molecule has 17 heavy (non-hydrogen) atoms. The number of fused-ring (bicyclic) bond motifs is 1. The number of aromatic nitrogens is 3. The Kier molecular flexibility index (Phi) is 2.82. The Morgan fingerprint density at radius 1 is 1.41 bits per heavy atom. The zero-order valence-electron chi connectivity index (χ0n) is 9.97. The molecule has 0 saturated heterocycles. The summed E-state index contributed by atoms with van der Waals surface area (Å²) < 4.78 is 3.15. The first-order valence-corrected chi connectivity index (χ1v) is 6.88. The predicted octanol–water partition coefficient (Wildman–Crippen LogP) is 2.14. The Morgan fingerprint density at radius 3 is 2.88 bits per heavy atom. The summed E-state index contributed by atoms with van der Waals surface area (Å²) in [6.45, 7) is 0. The number of halogens is 1. The molecule has 4 nitrogen and oxygen atoms in total. The highest BCUT2D eigenvalue weighted by Gasteiger charge is 2.34. The number of hydrogen-bond donors (Lipinski definition) is 0. The normalized spacial score (nSPS) is 24.2. The molecule has 5 heteroatoms. The number of hydrogen-bond acceptors (Lipinski definition) is 3. The molecule has 90 valence electrons. The SMILES string of the molecule is CN(C)C1CC(c2nc(I)n3ccncc23)C1. The van der Waals surface area contributed by atoms with Gasteiger partial charge in [0.05, 0.1) is 17.4 Å². The van der Waals surface area contributed by atoms with Crippen LogP contribution >= 0.6 is 22.6 Å². The van der Waals surface area contributed by atoms with E-state index in [1.165, 1.54) is 24.1 Å². The molecule has 1 saturated carbocycles. The smallest absolute Gasteiger partial charge is 0.176 e. The monoisotopic (exact) mass is 342 g/mol. The lowest BCUT2D eigenvalue weighted by atomic mass is 9.77. The quantitative estimate of drug-likeness (QED) is 0.784. The maximum absolute atomic E-state index is 4.70. The fourth-order valence-corrected chi connectivity index (χ4v) is 3.14. The number of rotatable bonds is 2. The van der Waals surface area contributed by atoms with Crippen LogP contribution < -0.4 is 0 Å². The van der Waals surface area contributed by atoms with E-state index in [0.29, 0.717) is 12.0 Å². The predicted molar refractivity (Wildman–Crippen MR) is 75.2 cm³/mol. The summed E-state index contributed by atoms with van der Waals surface area (Å²) in [6.07, 6.45) is 8.14. The minimum absolute atomic E-state index is 0.602. The second kappa shape index (κ2) is 4.20. The summed E-state index contributed by atoms with van der Waals surface area (Å²) in [6, 6.07) is 0.714. The molecular formula is C12H15IN4. The second-order valence-corrected chi connectivity index (χ2v) is 5.85. The van der Waals surface area contributed by atoms with Crippen molar-refractivity contribution in [3.63, 3.8) is 0 Å². The fraction of sp³-hybridized carbons (Fsp3) is 0.500. The molecule has 2 aromatic rings. The molecule has 0 amide bonds. The molecular weight excluding hydrogens is 327 g/mol. The van der Waals surface area contributed by atoms with Crippen molar-refractivity contribution in [3.8, 4) is 0 Å². The molecule has 2 heterocycles. The largest absolute Gasteiger partial charge is 0.306 e. The Hall–Kier alpha value is -0.690. The van der Waals surface area contributed by atoms with Crippen LogP contribution in [0.15, 0.2) is 18.6 Å². The van der Waals surface area contributed by atoms with Gasteiger partial charge in [-0.1, -0.05) is 0 Å². The molecule has 0 N–H and O–H groups in total. The van der Waals surface area contributed by atoms with Gasteiger partial charge < -0.3 is 4.90 Å². The number of nitrogens with zero attached hydrogens (tertiary/aromatic N) is 4. The van der Waals surface area contributed by atoms with Gasteiger partial charge >= 0.3 is 0 Å². The third-order valence-corrected chi connectivity index (χ3v) is 4.42. The van der Waals surface area contributed by atoms with Gasteiger partial charge in [0.1, 0.15) is 0 Å². The molecule has 0 aromatic carbocycles. The van der Waals surface area contributed by atoms with Crippen molar-refractivity contribution in [1.29, 1.82) is 0 Å². The van der Waals surface area contributed by atoms with Gasteiger partial charge in [0, 0.05) is 46.9 Å². The fourth-order valence-electron chi connectivity index (χ4n) is 2.46. The first-order valence-electron chi connectivity index (χ1n) is 5.80. The lowest BCUT2D eigenvalue weighted by Gasteiger charge is -2.38. The van der Waals surface area contributed by atoms with E-state index in [1.54, 1.807) is 0 Å². The van der Waals surface area contributed by atoms with Crippen LogP contribution in [0.2, 0.25) is 0 Å². The molecule has 0 spiro atoms. The molecule has 0 unspecified atom stereocenters. The van der Waals surface area contributed by atoms with Crippen LogP contribution in [0.4, 0.5) is 0 Å². The van der Waals surface area contributed by atoms with Crippen molar-refractivity contribution in [2.45, 2.75) is 24.8 Å². The van der Waals surface area contributed by atoms with Crippen LogP contribution in [0, 0.1) is 3.83 Å². The summed E-state index contributed by atoms with van der Waals surface area (Å²) in [5.41, 5.74) is 2.39. The maximum Gasteiger partial charge on any atom is 0.176 e. The summed E-state index contributed by atoms with van der Waals surface area (Å²) in [4.78, 5) is 11.2. The second-order valence-electron chi connectivity index (χ2n) is 4.88. The van der Waals surface area contributed by atoms with E-state index < -0.39 is 0 Å². The van der Waals surface area contributed by atoms with Crippen LogP contribution in [0.1, 0.15) is 24.5 Å². The summed E-state index contributed by atoms with van der Waals surface area (Å²) in [5, 5.41) is 0. The Balaban J connectivity index is 1.92. The van der Waals surface area contributed by atoms with E-state index >= 15 is 0 Å². The molecule has 0 atom stereocenters. The molecule has 1 aliphatic carbocycles. The third kappa shape index (κ3) is 1.85. The van der Waals surface area contributed by atoms with Gasteiger partial charge in [0.2, 0.25) is 0 Å². The van der Waals surface area contributed by atoms with Gasteiger partial charge in [-0.05, 0) is 26.9 Å². The summed E-state index contributed by atoms with van der Waals surface area (Å²) in [5.74, 6) is 0.602. The highest BCUT2D eigenvalue weighted by Crippen LogP contribution is 2.40. The topological polar surface area (TPSA) is 33.4 Å². The van der Waals surface area contributed by atoms with Gasteiger partial charge in [-0.2, -0.15) is 0 Å². The van der Waals surface area contributed by atoms with Crippen molar-refractivity contribution in [2.75, 3.05) is 14.1 Å². The molecule has 2 aromatic heterocycles. The molecule has 0 bridgehead atoms. The first kappa shape index (κ1) is 11.4. The highest BCUT2D eigenvalue weighted by molar-refractivity contribution is 14.1. The minimum atomic E-state index is 0.602. The van der Waals surface area contributed by atoms with E-state index in [-0.39, 0.29) is 0 Å². The van der Waals surface area contributed by atoms with Crippen LogP contribution in [0.3, 0.4) is 0 Å². The highest BCUT2D eigenvalue weighted by atomic mass is 127. The Labute approximate surface area is 114 Å². The molecule has 3 rings (SSSR count). The molecule has 1 aliphatic rings. The van der Waals surface area contributed by atoms with Crippen LogP contribution in [0.5, 0.6) is 0 Å². The lowest BCUT2D eigenvalue weighted by molar-refractivity contribution is 0.165. The van der Waals surface area contributed by atoms with Gasteiger partial charge in [0.25, 0.3) is 0 Å². The van der Waals surface area contributed by atoms with Gasteiger partial charge in [0.15, 0.2) is 3.83 Å². The number of imidazole rings is 1. The van der Waals surface area contributed by atoms with Crippen molar-refractivity contribution in [1.82, 2.24) is 19.3 Å². The summed E-state index contributed by atoms with van der Waals surface area (Å²) >= 11 is 2.29. The van der Waals surface area contributed by atoms with E-state index in [0.717, 1.165) is 3.83 Å². The first-order chi connectivity index (χ1) is 8.16. The summed E-state index contributed by atoms with van der Waals surface area (Å²) in [7, 11) is 4.30. The van der Waals surface area contributed by atoms with Crippen LogP contribution in [-0.4, -0.2) is 39.4 Å². The van der Waals surface area contributed by atoms with E-state index in [4.69, 9.17) is 4.98 Å². The van der Waals surface area contributed by atoms with Gasteiger partial charge in [-0.15, -0.1) is 0 Å². The lowest BCUT2D eigenvalue weighted by Crippen LogP contribution is -2.39. The van der Waals surface area contributed by atoms with Gasteiger partial charge in [-0.3, -0.25) is 9.38 Å². The average molecular weight is 342 g/mol. The van der Waals surface area contributed by atoms with Gasteiger partial charge in [-0.25, -0.2) is 4.98 Å². The van der Waals surface area contributed by atoms with Crippen molar-refractivity contribution < 1.29 is 0 Å². The van der Waals surface area contributed by atoms with E-state index in [2.05, 4.69) is 51.0 Å². The van der Waals surface area contributed by atoms with Crippen molar-refractivity contribution in [3.05, 3.63) is 28.1 Å². The zero-order valence-corrected chi connectivity index (χ0v) is 12.1. The third-order valence-electron chi connectivity index (χ3n) is 3.66. The minimum Gasteiger partial charge on any atom is -0.306 e. The Bertz CT molecular complexity index is 542. The van der Waals surface area contributed by atoms with E-state index in [1.807, 2.05) is 18.6 Å². The molecule has 0 aliphatic heterocycles. The van der Waals surface area contributed by atoms with Crippen LogP contribution in [0.25, 0.3) is 5.52 Å². The zero-order chi connectivity index (χ0) is 12.0. The maximum atomic E-state index is 4.70. The van der Waals surface area contributed by atoms with Crippen molar-refractivity contribution >= 4 is 28.1 Å². The van der Waals surface area contributed by atoms with Crippen LogP contribution in [-0.2, 0) is 0 Å². The Morgan fingerprint density at radius 2 is 2.18 bits per heavy atom. The van der Waals surface area contributed by atoms with E-state index in [9.17, 15) is 0 Å². The van der Waals surface area contributed by atoms with Crippen molar-refractivity contribution in [2.24, 2.45) is 0 Å². The standard InChI is InChI=1S/C12H15IN4/c1-16(2)9-5-8(6-9)11-10-7-14-3-4-17(10)12(13)15-11/h3-4,7-9H,5-6H2,1-2H3. The molecule has 1 fully saturated rings. The molecule has 0 radical (unpaired) electrons.